The van der Waals surface area contributed by atoms with Crippen molar-refractivity contribution in [1.82, 2.24) is 4.98 Å². The molecule has 0 bridgehead atoms. The molecule has 1 aromatic carbocycles. The van der Waals surface area contributed by atoms with Crippen molar-refractivity contribution in [2.24, 2.45) is 0 Å². The quantitative estimate of drug-likeness (QED) is 0.907. The lowest BCUT2D eigenvalue weighted by Crippen LogP contribution is -2.01. The Bertz CT molecular complexity index is 593. The number of aromatic carboxylic acids is 1. The molecule has 0 atom stereocenters. The molecule has 0 radical (unpaired) electrons. The third-order valence-electron chi connectivity index (χ3n) is 2.78. The average molecular weight is 257 g/mol. The zero-order valence-electron chi connectivity index (χ0n) is 10.8. The summed E-state index contributed by atoms with van der Waals surface area (Å²) in [7, 11) is 0. The molecule has 19 heavy (non-hydrogen) atoms. The highest BCUT2D eigenvalue weighted by Gasteiger charge is 2.14. The molecule has 4 heteroatoms. The van der Waals surface area contributed by atoms with Gasteiger partial charge in [0.1, 0.15) is 11.3 Å². The second-order valence-corrected chi connectivity index (χ2v) is 4.47. The molecule has 0 spiro atoms. The number of benzene rings is 1. The van der Waals surface area contributed by atoms with Crippen LogP contribution in [0, 0.1) is 0 Å². The van der Waals surface area contributed by atoms with Gasteiger partial charge in [-0.15, -0.1) is 0 Å². The summed E-state index contributed by atoms with van der Waals surface area (Å²) >= 11 is 0. The fourth-order valence-electron chi connectivity index (χ4n) is 1.81. The van der Waals surface area contributed by atoms with Gasteiger partial charge in [-0.3, -0.25) is 4.98 Å². The topological polar surface area (TPSA) is 59.4 Å². The molecule has 0 aliphatic carbocycles. The molecule has 1 heterocycles. The third-order valence-corrected chi connectivity index (χ3v) is 2.78. The van der Waals surface area contributed by atoms with Crippen LogP contribution in [0.1, 0.15) is 35.7 Å². The van der Waals surface area contributed by atoms with E-state index in [0.717, 1.165) is 5.56 Å². The van der Waals surface area contributed by atoms with Crippen LogP contribution >= 0.6 is 0 Å². The van der Waals surface area contributed by atoms with Crippen LogP contribution in [0.15, 0.2) is 42.7 Å². The summed E-state index contributed by atoms with van der Waals surface area (Å²) in [5, 5.41) is 9.11. The molecule has 0 aliphatic rings. The van der Waals surface area contributed by atoms with Gasteiger partial charge in [0.25, 0.3) is 0 Å². The summed E-state index contributed by atoms with van der Waals surface area (Å²) in [4.78, 5) is 15.0. The van der Waals surface area contributed by atoms with Crippen LogP contribution in [0.2, 0.25) is 0 Å². The molecule has 0 aliphatic heterocycles. The van der Waals surface area contributed by atoms with Crippen LogP contribution in [-0.4, -0.2) is 16.1 Å². The van der Waals surface area contributed by atoms with Gasteiger partial charge in [-0.05, 0) is 23.6 Å². The van der Waals surface area contributed by atoms with E-state index in [1.807, 2.05) is 24.3 Å². The molecule has 98 valence electrons. The van der Waals surface area contributed by atoms with E-state index >= 15 is 0 Å². The standard InChI is InChI=1S/C15H15NO3/c1-10(2)11-5-3-4-6-13(11)19-14-9-16-8-7-12(14)15(17)18/h3-10H,1-2H3,(H,17,18). The summed E-state index contributed by atoms with van der Waals surface area (Å²) in [5.41, 5.74) is 1.14. The molecular weight excluding hydrogens is 242 g/mol. The summed E-state index contributed by atoms with van der Waals surface area (Å²) in [5.74, 6) is 0.177. The lowest BCUT2D eigenvalue weighted by Gasteiger charge is -2.14. The molecule has 4 nitrogen and oxygen atoms in total. The van der Waals surface area contributed by atoms with Gasteiger partial charge in [0.15, 0.2) is 5.75 Å². The Balaban J connectivity index is 2.39. The van der Waals surface area contributed by atoms with E-state index in [9.17, 15) is 4.79 Å². The molecule has 0 unspecified atom stereocenters. The minimum absolute atomic E-state index is 0.105. The molecule has 1 aromatic heterocycles. The van der Waals surface area contributed by atoms with E-state index in [0.29, 0.717) is 11.7 Å². The number of carbonyl (C=O) groups is 1. The van der Waals surface area contributed by atoms with Gasteiger partial charge in [0.05, 0.1) is 6.20 Å². The highest BCUT2D eigenvalue weighted by Crippen LogP contribution is 2.31. The van der Waals surface area contributed by atoms with E-state index in [2.05, 4.69) is 18.8 Å². The normalized spacial score (nSPS) is 10.5. The van der Waals surface area contributed by atoms with Gasteiger partial charge >= 0.3 is 5.97 Å². The first kappa shape index (κ1) is 13.1. The maximum absolute atomic E-state index is 11.1. The maximum atomic E-state index is 11.1. The number of carboxylic acids is 1. The maximum Gasteiger partial charge on any atom is 0.339 e. The van der Waals surface area contributed by atoms with Crippen LogP contribution in [0.5, 0.6) is 11.5 Å². The Morgan fingerprint density at radius 1 is 1.21 bits per heavy atom. The zero-order chi connectivity index (χ0) is 13.8. The first-order chi connectivity index (χ1) is 9.09. The van der Waals surface area contributed by atoms with Gasteiger partial charge < -0.3 is 9.84 Å². The van der Waals surface area contributed by atoms with E-state index in [1.54, 1.807) is 0 Å². The van der Waals surface area contributed by atoms with Crippen molar-refractivity contribution < 1.29 is 14.6 Å². The van der Waals surface area contributed by atoms with Crippen molar-refractivity contribution in [2.75, 3.05) is 0 Å². The largest absolute Gasteiger partial charge is 0.478 e. The Labute approximate surface area is 111 Å². The number of hydrogen-bond acceptors (Lipinski definition) is 3. The average Bonchev–Trinajstić information content (AvgIpc) is 2.39. The summed E-state index contributed by atoms with van der Waals surface area (Å²) in [6, 6.07) is 9.02. The van der Waals surface area contributed by atoms with Crippen LogP contribution in [0.3, 0.4) is 0 Å². The second-order valence-electron chi connectivity index (χ2n) is 4.47. The molecule has 1 N–H and O–H groups in total. The van der Waals surface area contributed by atoms with Gasteiger partial charge in [-0.2, -0.15) is 0 Å². The highest BCUT2D eigenvalue weighted by molar-refractivity contribution is 5.90. The summed E-state index contributed by atoms with van der Waals surface area (Å²) in [6.45, 7) is 4.12. The number of pyridine rings is 1. The fourth-order valence-corrected chi connectivity index (χ4v) is 1.81. The van der Waals surface area contributed by atoms with Crippen LogP contribution < -0.4 is 4.74 Å². The number of para-hydroxylation sites is 1. The van der Waals surface area contributed by atoms with Crippen molar-refractivity contribution >= 4 is 5.97 Å². The number of carboxylic acid groups (broad SMARTS) is 1. The van der Waals surface area contributed by atoms with Gasteiger partial charge in [-0.25, -0.2) is 4.79 Å². The minimum atomic E-state index is -1.03. The Morgan fingerprint density at radius 2 is 1.95 bits per heavy atom. The lowest BCUT2D eigenvalue weighted by molar-refractivity contribution is 0.0694. The number of rotatable bonds is 4. The second kappa shape index (κ2) is 5.52. The molecule has 0 saturated carbocycles. The van der Waals surface area contributed by atoms with Crippen molar-refractivity contribution in [3.05, 3.63) is 53.9 Å². The monoisotopic (exact) mass is 257 g/mol. The molecule has 2 rings (SSSR count). The van der Waals surface area contributed by atoms with Gasteiger partial charge in [0, 0.05) is 6.20 Å². The van der Waals surface area contributed by atoms with Crippen molar-refractivity contribution in [1.29, 1.82) is 0 Å². The lowest BCUT2D eigenvalue weighted by atomic mass is 10.0. The molecule has 2 aromatic rings. The molecule has 0 amide bonds. The smallest absolute Gasteiger partial charge is 0.339 e. The van der Waals surface area contributed by atoms with E-state index < -0.39 is 5.97 Å². The first-order valence-corrected chi connectivity index (χ1v) is 6.03. The highest BCUT2D eigenvalue weighted by atomic mass is 16.5. The summed E-state index contributed by atoms with van der Waals surface area (Å²) < 4.78 is 5.72. The van der Waals surface area contributed by atoms with Gasteiger partial charge in [0.2, 0.25) is 0 Å². The molecular formula is C15H15NO3. The number of ether oxygens (including phenoxy) is 1. The van der Waals surface area contributed by atoms with Crippen molar-refractivity contribution in [3.8, 4) is 11.5 Å². The van der Waals surface area contributed by atoms with E-state index in [-0.39, 0.29) is 11.3 Å². The van der Waals surface area contributed by atoms with Gasteiger partial charge in [-0.1, -0.05) is 32.0 Å². The number of aromatic nitrogens is 1. The predicted octanol–water partition coefficient (Wildman–Crippen LogP) is 3.70. The van der Waals surface area contributed by atoms with Crippen LogP contribution in [0.25, 0.3) is 0 Å². The number of hydrogen-bond donors (Lipinski definition) is 1. The predicted molar refractivity (Wildman–Crippen MR) is 71.8 cm³/mol. The molecule has 0 saturated heterocycles. The molecule has 0 fully saturated rings. The van der Waals surface area contributed by atoms with Crippen LogP contribution in [0.4, 0.5) is 0 Å². The summed E-state index contributed by atoms with van der Waals surface area (Å²) in [6.07, 6.45) is 2.85. The SMILES string of the molecule is CC(C)c1ccccc1Oc1cnccc1C(=O)O. The first-order valence-electron chi connectivity index (χ1n) is 6.03. The van der Waals surface area contributed by atoms with E-state index in [1.165, 1.54) is 18.5 Å². The minimum Gasteiger partial charge on any atom is -0.478 e. The van der Waals surface area contributed by atoms with Crippen molar-refractivity contribution in [3.63, 3.8) is 0 Å². The number of nitrogens with zero attached hydrogens (tertiary/aromatic N) is 1. The Hall–Kier alpha value is -2.36. The van der Waals surface area contributed by atoms with E-state index in [4.69, 9.17) is 9.84 Å². The zero-order valence-corrected chi connectivity index (χ0v) is 10.8. The van der Waals surface area contributed by atoms with Crippen LogP contribution in [-0.2, 0) is 0 Å². The van der Waals surface area contributed by atoms with Crippen molar-refractivity contribution in [2.45, 2.75) is 19.8 Å². The third kappa shape index (κ3) is 2.91. The Morgan fingerprint density at radius 3 is 2.63 bits per heavy atom. The Kier molecular flexibility index (Phi) is 3.80. The fraction of sp³-hybridized carbons (Fsp3) is 0.200.